The summed E-state index contributed by atoms with van der Waals surface area (Å²) in [4.78, 5) is 45.6. The van der Waals surface area contributed by atoms with E-state index in [1.54, 1.807) is 65.9 Å². The molecule has 12 nitrogen and oxygen atoms in total. The van der Waals surface area contributed by atoms with Gasteiger partial charge in [0.15, 0.2) is 0 Å². The molecule has 3 heterocycles. The maximum absolute atomic E-state index is 12.6. The van der Waals surface area contributed by atoms with Crippen LogP contribution in [0, 0.1) is 0 Å². The van der Waals surface area contributed by atoms with E-state index in [0.29, 0.717) is 22.6 Å². The van der Waals surface area contributed by atoms with Crippen LogP contribution in [0.2, 0.25) is 5.02 Å². The fraction of sp³-hybridized carbons (Fsp3) is 0.310. The van der Waals surface area contributed by atoms with Crippen LogP contribution in [0.25, 0.3) is 11.3 Å². The summed E-state index contributed by atoms with van der Waals surface area (Å²) in [5.41, 5.74) is 1.35. The third-order valence-electron chi connectivity index (χ3n) is 5.37. The first-order chi connectivity index (χ1) is 19.6. The zero-order chi connectivity index (χ0) is 30.7. The molecule has 4 rings (SSSR count). The van der Waals surface area contributed by atoms with Crippen LogP contribution in [0.1, 0.15) is 47.1 Å². The van der Waals surface area contributed by atoms with Gasteiger partial charge in [0.25, 0.3) is 5.56 Å². The van der Waals surface area contributed by atoms with Crippen LogP contribution in [0.15, 0.2) is 66.0 Å². The summed E-state index contributed by atoms with van der Waals surface area (Å²) in [5.74, 6) is 0.224. The average molecular weight is 594 g/mol. The smallest absolute Gasteiger partial charge is 0.435 e. The van der Waals surface area contributed by atoms with E-state index in [-0.39, 0.29) is 23.1 Å². The molecule has 4 aromatic rings. The Morgan fingerprint density at radius 2 is 1.57 bits per heavy atom. The molecule has 0 fully saturated rings. The first-order valence-corrected chi connectivity index (χ1v) is 13.4. The largest absolute Gasteiger partial charge is 0.444 e. The van der Waals surface area contributed by atoms with E-state index in [9.17, 15) is 14.4 Å². The van der Waals surface area contributed by atoms with Crippen molar-refractivity contribution in [2.75, 3.05) is 10.6 Å². The lowest BCUT2D eigenvalue weighted by atomic mass is 10.2. The number of ether oxygens (including phenoxy) is 2. The van der Waals surface area contributed by atoms with Crippen LogP contribution in [0.3, 0.4) is 0 Å². The summed E-state index contributed by atoms with van der Waals surface area (Å²) in [7, 11) is 0. The molecule has 13 heteroatoms. The molecule has 0 spiro atoms. The molecule has 0 aliphatic heterocycles. The summed E-state index contributed by atoms with van der Waals surface area (Å²) >= 11 is 6.35. The van der Waals surface area contributed by atoms with E-state index in [0.717, 1.165) is 10.2 Å². The van der Waals surface area contributed by atoms with Crippen LogP contribution in [0.5, 0.6) is 0 Å². The van der Waals surface area contributed by atoms with E-state index in [1.807, 2.05) is 12.1 Å². The molecule has 0 unspecified atom stereocenters. The van der Waals surface area contributed by atoms with Crippen LogP contribution in [-0.4, -0.2) is 47.7 Å². The van der Waals surface area contributed by atoms with Crippen LogP contribution in [-0.2, 0) is 16.0 Å². The molecule has 3 aromatic heterocycles. The van der Waals surface area contributed by atoms with Gasteiger partial charge >= 0.3 is 12.2 Å². The quantitative estimate of drug-likeness (QED) is 0.272. The number of amides is 1. The van der Waals surface area contributed by atoms with Crippen molar-refractivity contribution in [3.05, 3.63) is 82.1 Å². The molecular formula is C29H32ClN7O5. The number of carbonyl (C=O) groups is 2. The second-order valence-corrected chi connectivity index (χ2v) is 11.8. The number of benzene rings is 1. The second kappa shape index (κ2) is 12.0. The molecule has 220 valence electrons. The summed E-state index contributed by atoms with van der Waals surface area (Å²) in [6.45, 7) is 10.9. The Balaban J connectivity index is 1.47. The number of anilines is 3. The predicted octanol–water partition coefficient (Wildman–Crippen LogP) is 6.08. The predicted molar refractivity (Wildman–Crippen MR) is 159 cm³/mol. The van der Waals surface area contributed by atoms with Crippen molar-refractivity contribution in [1.29, 1.82) is 0 Å². The van der Waals surface area contributed by atoms with E-state index >= 15 is 0 Å². The van der Waals surface area contributed by atoms with Gasteiger partial charge in [-0.15, -0.1) is 0 Å². The zero-order valence-corrected chi connectivity index (χ0v) is 24.9. The SMILES string of the molecule is CC(C)(C)OC(=O)Nc1ccc(Cn2cc(Nc3ncc(Cl)c(-c4cnn(C(=O)OC(C)(C)C)c4)n3)ccc2=O)cc1. The Morgan fingerprint density at radius 3 is 2.24 bits per heavy atom. The molecule has 0 aliphatic carbocycles. The zero-order valence-electron chi connectivity index (χ0n) is 24.1. The highest BCUT2D eigenvalue weighted by atomic mass is 35.5. The fourth-order valence-corrected chi connectivity index (χ4v) is 3.85. The summed E-state index contributed by atoms with van der Waals surface area (Å²) in [6, 6.07) is 10.1. The van der Waals surface area contributed by atoms with Gasteiger partial charge in [-0.2, -0.15) is 9.78 Å². The van der Waals surface area contributed by atoms with Gasteiger partial charge in [-0.1, -0.05) is 23.7 Å². The first-order valence-electron chi connectivity index (χ1n) is 13.0. The maximum Gasteiger partial charge on any atom is 0.435 e. The second-order valence-electron chi connectivity index (χ2n) is 11.4. The third kappa shape index (κ3) is 8.40. The Morgan fingerprint density at radius 1 is 0.905 bits per heavy atom. The minimum atomic E-state index is -0.675. The first kappa shape index (κ1) is 30.3. The minimum Gasteiger partial charge on any atom is -0.444 e. The van der Waals surface area contributed by atoms with Crippen molar-refractivity contribution in [2.24, 2.45) is 0 Å². The topological polar surface area (TPSA) is 142 Å². The van der Waals surface area contributed by atoms with Crippen molar-refractivity contribution >= 4 is 41.1 Å². The van der Waals surface area contributed by atoms with Crippen molar-refractivity contribution in [2.45, 2.75) is 59.3 Å². The average Bonchev–Trinajstić information content (AvgIpc) is 3.37. The molecular weight excluding hydrogens is 562 g/mol. The highest BCUT2D eigenvalue weighted by molar-refractivity contribution is 6.32. The van der Waals surface area contributed by atoms with Gasteiger partial charge in [0, 0.05) is 29.7 Å². The van der Waals surface area contributed by atoms with Crippen molar-refractivity contribution in [3.63, 3.8) is 0 Å². The minimum absolute atomic E-state index is 0.205. The molecule has 1 aromatic carbocycles. The summed E-state index contributed by atoms with van der Waals surface area (Å²) < 4.78 is 13.2. The van der Waals surface area contributed by atoms with Gasteiger partial charge in [0.05, 0.1) is 35.3 Å². The third-order valence-corrected chi connectivity index (χ3v) is 5.65. The molecule has 0 aliphatic rings. The van der Waals surface area contributed by atoms with Crippen LogP contribution < -0.4 is 16.2 Å². The molecule has 2 N–H and O–H groups in total. The fourth-order valence-electron chi connectivity index (χ4n) is 3.65. The lowest BCUT2D eigenvalue weighted by Crippen LogP contribution is -2.27. The van der Waals surface area contributed by atoms with Crippen LogP contribution in [0.4, 0.5) is 26.9 Å². The van der Waals surface area contributed by atoms with E-state index < -0.39 is 23.4 Å². The molecule has 0 radical (unpaired) electrons. The van der Waals surface area contributed by atoms with Gasteiger partial charge < -0.3 is 19.4 Å². The molecule has 1 amide bonds. The number of aromatic nitrogens is 5. The van der Waals surface area contributed by atoms with E-state index in [2.05, 4.69) is 25.7 Å². The van der Waals surface area contributed by atoms with Crippen molar-refractivity contribution in [1.82, 2.24) is 24.3 Å². The summed E-state index contributed by atoms with van der Waals surface area (Å²) in [6.07, 6.45) is 4.83. The summed E-state index contributed by atoms with van der Waals surface area (Å²) in [5, 5.41) is 10.1. The lowest BCUT2D eigenvalue weighted by molar-refractivity contribution is 0.0513. The van der Waals surface area contributed by atoms with E-state index in [1.165, 1.54) is 29.2 Å². The number of rotatable bonds is 6. The Hall–Kier alpha value is -4.71. The number of halogens is 1. The van der Waals surface area contributed by atoms with Gasteiger partial charge in [-0.3, -0.25) is 10.1 Å². The van der Waals surface area contributed by atoms with Crippen LogP contribution >= 0.6 is 11.6 Å². The van der Waals surface area contributed by atoms with Gasteiger partial charge in [-0.05, 0) is 65.3 Å². The van der Waals surface area contributed by atoms with Gasteiger partial charge in [0.2, 0.25) is 5.95 Å². The normalized spacial score (nSPS) is 11.6. The Labute approximate surface area is 247 Å². The van der Waals surface area contributed by atoms with Gasteiger partial charge in [0.1, 0.15) is 11.2 Å². The standard InChI is InChI=1S/C29H32ClN7O5/c1-28(2,3)41-26(39)34-20-9-7-18(8-10-20)15-36-17-21(11-12-23(36)38)33-25-31-14-22(30)24(35-25)19-13-32-37(16-19)27(40)42-29(4,5)6/h7-14,16-17H,15H2,1-6H3,(H,34,39)(H,31,33,35). The number of pyridine rings is 1. The van der Waals surface area contributed by atoms with Gasteiger partial charge in [-0.25, -0.2) is 19.6 Å². The van der Waals surface area contributed by atoms with Crippen molar-refractivity contribution in [3.8, 4) is 11.3 Å². The Kier molecular flexibility index (Phi) is 8.67. The molecule has 42 heavy (non-hydrogen) atoms. The maximum atomic E-state index is 12.6. The number of nitrogens with one attached hydrogen (secondary N) is 2. The monoisotopic (exact) mass is 593 g/mol. The molecule has 0 saturated carbocycles. The highest BCUT2D eigenvalue weighted by Gasteiger charge is 2.20. The van der Waals surface area contributed by atoms with Crippen molar-refractivity contribution < 1.29 is 19.1 Å². The number of hydrogen-bond donors (Lipinski definition) is 2. The number of nitrogens with zero attached hydrogens (tertiary/aromatic N) is 5. The highest BCUT2D eigenvalue weighted by Crippen LogP contribution is 2.27. The number of carbonyl (C=O) groups excluding carboxylic acids is 2. The molecule has 0 bridgehead atoms. The molecule has 0 atom stereocenters. The Bertz CT molecular complexity index is 1650. The lowest BCUT2D eigenvalue weighted by Gasteiger charge is -2.19. The molecule has 0 saturated heterocycles. The number of hydrogen-bond acceptors (Lipinski definition) is 9. The van der Waals surface area contributed by atoms with E-state index in [4.69, 9.17) is 21.1 Å².